The number of piperazine rings is 1. The van der Waals surface area contributed by atoms with Crippen LogP contribution in [0.1, 0.15) is 37.6 Å². The van der Waals surface area contributed by atoms with E-state index in [0.717, 1.165) is 69.1 Å². The van der Waals surface area contributed by atoms with Crippen LogP contribution < -0.4 is 14.4 Å². The van der Waals surface area contributed by atoms with Gasteiger partial charge in [-0.25, -0.2) is 9.37 Å². The molecule has 4 aliphatic rings. The van der Waals surface area contributed by atoms with Crippen molar-refractivity contribution in [1.29, 1.82) is 0 Å². The first-order valence-electron chi connectivity index (χ1n) is 14.5. The molecule has 0 bridgehead atoms. The molecular weight excluding hydrogens is 543 g/mol. The van der Waals surface area contributed by atoms with E-state index in [9.17, 15) is 4.39 Å². The number of anilines is 1. The van der Waals surface area contributed by atoms with Crippen LogP contribution in [-0.2, 0) is 23.6 Å². The van der Waals surface area contributed by atoms with Crippen LogP contribution in [-0.4, -0.2) is 52.3 Å². The summed E-state index contributed by atoms with van der Waals surface area (Å²) in [6.07, 6.45) is 3.63. The summed E-state index contributed by atoms with van der Waals surface area (Å²) >= 11 is 6.00. The highest BCUT2D eigenvalue weighted by atomic mass is 35.5. The van der Waals surface area contributed by atoms with E-state index in [4.69, 9.17) is 30.8 Å². The Kier molecular flexibility index (Phi) is 5.95. The van der Waals surface area contributed by atoms with Gasteiger partial charge in [0.15, 0.2) is 11.5 Å². The fourth-order valence-electron chi connectivity index (χ4n) is 6.89. The minimum Gasteiger partial charge on any atom is -0.444 e. The number of ether oxygens (including phenoxy) is 3. The van der Waals surface area contributed by atoms with Crippen molar-refractivity contribution in [2.24, 2.45) is 0 Å². The van der Waals surface area contributed by atoms with Crippen LogP contribution in [0.5, 0.6) is 11.5 Å². The molecule has 3 fully saturated rings. The van der Waals surface area contributed by atoms with Gasteiger partial charge in [-0.3, -0.25) is 4.90 Å². The molecule has 2 saturated heterocycles. The molecule has 41 heavy (non-hydrogen) atoms. The molecule has 4 aromatic rings. The van der Waals surface area contributed by atoms with Crippen molar-refractivity contribution in [3.63, 3.8) is 0 Å². The molecule has 0 N–H and O–H groups in total. The summed E-state index contributed by atoms with van der Waals surface area (Å²) < 4.78 is 35.7. The number of imidazole rings is 1. The first-order valence-corrected chi connectivity index (χ1v) is 14.9. The van der Waals surface area contributed by atoms with Crippen molar-refractivity contribution in [3.05, 3.63) is 82.9 Å². The zero-order chi connectivity index (χ0) is 27.7. The smallest absolute Gasteiger partial charge is 0.278 e. The van der Waals surface area contributed by atoms with Crippen LogP contribution in [0.2, 0.25) is 5.02 Å². The van der Waals surface area contributed by atoms with Crippen molar-refractivity contribution >= 4 is 28.3 Å². The Morgan fingerprint density at radius 1 is 1.00 bits per heavy atom. The third kappa shape index (κ3) is 4.18. The van der Waals surface area contributed by atoms with Crippen LogP contribution >= 0.6 is 11.6 Å². The van der Waals surface area contributed by atoms with E-state index < -0.39 is 11.6 Å². The summed E-state index contributed by atoms with van der Waals surface area (Å²) in [6, 6.07) is 19.8. The Labute approximate surface area is 243 Å². The number of nitrogens with zero attached hydrogens (tertiary/aromatic N) is 4. The van der Waals surface area contributed by atoms with E-state index in [2.05, 4.69) is 44.7 Å². The van der Waals surface area contributed by atoms with Crippen molar-refractivity contribution in [3.8, 4) is 11.5 Å². The van der Waals surface area contributed by atoms with Crippen LogP contribution in [0.15, 0.2) is 60.7 Å². The number of hydrogen-bond donors (Lipinski definition) is 0. The Morgan fingerprint density at radius 2 is 1.85 bits per heavy atom. The second-order valence-corrected chi connectivity index (χ2v) is 12.1. The first-order chi connectivity index (χ1) is 20.0. The van der Waals surface area contributed by atoms with Crippen molar-refractivity contribution in [2.75, 3.05) is 24.6 Å². The van der Waals surface area contributed by atoms with Crippen LogP contribution in [0, 0.1) is 5.82 Å². The average molecular weight is 575 g/mol. The topological polar surface area (TPSA) is 52.0 Å². The average Bonchev–Trinajstić information content (AvgIpc) is 3.43. The van der Waals surface area contributed by atoms with E-state index in [1.807, 2.05) is 12.1 Å². The van der Waals surface area contributed by atoms with Crippen molar-refractivity contribution < 1.29 is 18.6 Å². The molecule has 0 radical (unpaired) electrons. The first kappa shape index (κ1) is 25.4. The second-order valence-electron chi connectivity index (χ2n) is 11.7. The second kappa shape index (κ2) is 9.61. The molecule has 1 saturated carbocycles. The SMILES string of the molecule is C[C@]1(c2ccc(Cl)cc2F)Oc2cccc(N3CCN(Cc4nc5ccccc5n4C[C@@H]4CCO4)[C@H]4CC[C@@H]43)c2O1. The number of fused-ring (bicyclic) bond motifs is 3. The Balaban J connectivity index is 1.04. The van der Waals surface area contributed by atoms with Crippen molar-refractivity contribution in [2.45, 2.75) is 63.3 Å². The Morgan fingerprint density at radius 3 is 2.63 bits per heavy atom. The van der Waals surface area contributed by atoms with Crippen molar-refractivity contribution in [1.82, 2.24) is 14.5 Å². The molecule has 3 aliphatic heterocycles. The highest BCUT2D eigenvalue weighted by Gasteiger charge is 2.47. The van der Waals surface area contributed by atoms with Gasteiger partial charge in [-0.05, 0) is 61.7 Å². The molecule has 0 unspecified atom stereocenters. The lowest BCUT2D eigenvalue weighted by molar-refractivity contribution is -0.0706. The largest absolute Gasteiger partial charge is 0.444 e. The third-order valence-corrected chi connectivity index (χ3v) is 9.48. The molecule has 8 rings (SSSR count). The van der Waals surface area contributed by atoms with Gasteiger partial charge in [-0.15, -0.1) is 0 Å². The van der Waals surface area contributed by atoms with E-state index >= 15 is 0 Å². The highest BCUT2D eigenvalue weighted by molar-refractivity contribution is 6.30. The molecule has 3 aromatic carbocycles. The van der Waals surface area contributed by atoms with Gasteiger partial charge in [0.05, 0.1) is 41.5 Å². The van der Waals surface area contributed by atoms with Gasteiger partial charge in [0, 0.05) is 43.7 Å². The zero-order valence-electron chi connectivity index (χ0n) is 22.9. The number of halogens is 2. The maximum absolute atomic E-state index is 14.9. The molecule has 212 valence electrons. The number of rotatable bonds is 6. The van der Waals surface area contributed by atoms with Crippen LogP contribution in [0.4, 0.5) is 10.1 Å². The fourth-order valence-corrected chi connectivity index (χ4v) is 7.05. The third-order valence-electron chi connectivity index (χ3n) is 9.25. The summed E-state index contributed by atoms with van der Waals surface area (Å²) in [6.45, 7) is 6.05. The monoisotopic (exact) mass is 574 g/mol. The minimum atomic E-state index is -1.27. The Bertz CT molecular complexity index is 1640. The number of para-hydroxylation sites is 3. The lowest BCUT2D eigenvalue weighted by atomic mass is 9.81. The normalized spacial score (nSPS) is 27.0. The van der Waals surface area contributed by atoms with E-state index in [1.165, 1.54) is 11.6 Å². The van der Waals surface area contributed by atoms with Crippen LogP contribution in [0.3, 0.4) is 0 Å². The number of benzene rings is 3. The predicted octanol–water partition coefficient (Wildman–Crippen LogP) is 6.12. The molecule has 4 heterocycles. The van der Waals surface area contributed by atoms with Crippen LogP contribution in [0.25, 0.3) is 11.0 Å². The zero-order valence-corrected chi connectivity index (χ0v) is 23.7. The molecule has 4 atom stereocenters. The predicted molar refractivity (Wildman–Crippen MR) is 155 cm³/mol. The summed E-state index contributed by atoms with van der Waals surface area (Å²) in [7, 11) is 0. The molecule has 1 aliphatic carbocycles. The summed E-state index contributed by atoms with van der Waals surface area (Å²) in [5.41, 5.74) is 3.55. The number of hydrogen-bond acceptors (Lipinski definition) is 6. The van der Waals surface area contributed by atoms with E-state index in [-0.39, 0.29) is 6.10 Å². The van der Waals surface area contributed by atoms with Gasteiger partial charge in [0.25, 0.3) is 5.79 Å². The molecule has 0 spiro atoms. The highest BCUT2D eigenvalue weighted by Crippen LogP contribution is 2.51. The summed E-state index contributed by atoms with van der Waals surface area (Å²) in [5.74, 6) is 0.697. The number of aromatic nitrogens is 2. The standard InChI is InChI=1S/C32H32ClFN4O3/c1-32(22-10-9-20(33)17-23(22)34)40-29-8-4-7-28(31(29)41-32)37-15-14-36(26-11-12-27(26)37)19-30-35-24-5-2-3-6-25(24)38(30)18-21-13-16-39-21/h2-10,17,21,26-27H,11-16,18-19H2,1H3/t21-,26-,27-,32-/m0/s1. The van der Waals surface area contributed by atoms with Gasteiger partial charge < -0.3 is 23.7 Å². The molecule has 9 heteroatoms. The van der Waals surface area contributed by atoms with E-state index in [1.54, 1.807) is 19.1 Å². The van der Waals surface area contributed by atoms with E-state index in [0.29, 0.717) is 34.2 Å². The summed E-state index contributed by atoms with van der Waals surface area (Å²) in [5, 5.41) is 0.340. The molecule has 1 aromatic heterocycles. The Hall–Kier alpha value is -3.33. The van der Waals surface area contributed by atoms with Gasteiger partial charge in [-0.1, -0.05) is 29.8 Å². The van der Waals surface area contributed by atoms with Gasteiger partial charge in [0.2, 0.25) is 0 Å². The molecule has 7 nitrogen and oxygen atoms in total. The molecular formula is C32H32ClFN4O3. The minimum absolute atomic E-state index is 0.272. The summed E-state index contributed by atoms with van der Waals surface area (Å²) in [4.78, 5) is 10.1. The lowest BCUT2D eigenvalue weighted by Crippen LogP contribution is -2.64. The quantitative estimate of drug-likeness (QED) is 0.277. The maximum atomic E-state index is 14.9. The fraction of sp³-hybridized carbons (Fsp3) is 0.406. The van der Waals surface area contributed by atoms with Gasteiger partial charge in [-0.2, -0.15) is 0 Å². The lowest BCUT2D eigenvalue weighted by Gasteiger charge is -2.54. The van der Waals surface area contributed by atoms with Gasteiger partial charge >= 0.3 is 0 Å². The maximum Gasteiger partial charge on any atom is 0.278 e. The molecule has 0 amide bonds. The van der Waals surface area contributed by atoms with Gasteiger partial charge in [0.1, 0.15) is 11.6 Å².